The highest BCUT2D eigenvalue weighted by molar-refractivity contribution is 7.92. The average molecular weight is 652 g/mol. The molecule has 0 aromatic rings. The molecular formula is C32H53N5O7S. The third-order valence-corrected chi connectivity index (χ3v) is 12.1. The molecule has 2 aliphatic heterocycles. The Morgan fingerprint density at radius 1 is 1.07 bits per heavy atom. The van der Waals surface area contributed by atoms with E-state index in [1.807, 2.05) is 55.4 Å². The summed E-state index contributed by atoms with van der Waals surface area (Å²) in [6.07, 6.45) is 3.26. The largest absolute Gasteiger partial charge is 0.346 e. The number of sulfone groups is 1. The fourth-order valence-electron chi connectivity index (χ4n) is 7.09. The minimum absolute atomic E-state index is 0.0563. The zero-order valence-electron chi connectivity index (χ0n) is 28.1. The maximum absolute atomic E-state index is 14.2. The molecule has 1 saturated carbocycles. The lowest BCUT2D eigenvalue weighted by Crippen LogP contribution is -2.62. The van der Waals surface area contributed by atoms with Crippen LogP contribution >= 0.6 is 0 Å². The molecule has 3 fully saturated rings. The highest BCUT2D eigenvalue weighted by Gasteiger charge is 2.70. The molecule has 13 heteroatoms. The van der Waals surface area contributed by atoms with E-state index in [1.54, 1.807) is 0 Å². The minimum Gasteiger partial charge on any atom is -0.346 e. The summed E-state index contributed by atoms with van der Waals surface area (Å²) in [5.41, 5.74) is -0.960. The van der Waals surface area contributed by atoms with Crippen LogP contribution in [0.1, 0.15) is 81.1 Å². The number of ketones is 1. The molecule has 0 spiro atoms. The normalized spacial score (nSPS) is 26.6. The first-order chi connectivity index (χ1) is 20.8. The Labute approximate surface area is 268 Å². The van der Waals surface area contributed by atoms with Crippen molar-refractivity contribution in [2.24, 2.45) is 28.6 Å². The van der Waals surface area contributed by atoms with Gasteiger partial charge in [0.25, 0.3) is 5.91 Å². The second kappa shape index (κ2) is 13.8. The molecule has 0 aromatic carbocycles. The number of urea groups is 1. The number of fused-ring (bicyclic) bond motifs is 1. The molecule has 0 radical (unpaired) electrons. The Bertz CT molecular complexity index is 1290. The van der Waals surface area contributed by atoms with Crippen LogP contribution in [0.5, 0.6) is 0 Å². The number of carbonyl (C=O) groups excluding carboxylic acids is 5. The number of hydrogen-bond donors (Lipinski definition) is 4. The van der Waals surface area contributed by atoms with Crippen LogP contribution in [0, 0.1) is 28.6 Å². The van der Waals surface area contributed by atoms with Crippen LogP contribution in [0.25, 0.3) is 0 Å². The molecule has 0 bridgehead atoms. The van der Waals surface area contributed by atoms with Gasteiger partial charge in [0.1, 0.15) is 12.1 Å². The van der Waals surface area contributed by atoms with Crippen LogP contribution in [0.2, 0.25) is 0 Å². The molecule has 0 aromatic heterocycles. The van der Waals surface area contributed by atoms with Gasteiger partial charge in [0, 0.05) is 19.1 Å². The van der Waals surface area contributed by atoms with Crippen molar-refractivity contribution in [2.45, 2.75) is 110 Å². The Morgan fingerprint density at radius 3 is 2.22 bits per heavy atom. The lowest BCUT2D eigenvalue weighted by Gasteiger charge is -2.38. The number of nitrogens with one attached hydrogen (secondary N) is 4. The van der Waals surface area contributed by atoms with Gasteiger partial charge in [-0.2, -0.15) is 0 Å². The number of rotatable bonds is 13. The van der Waals surface area contributed by atoms with Crippen molar-refractivity contribution in [1.29, 1.82) is 0 Å². The summed E-state index contributed by atoms with van der Waals surface area (Å²) in [6.45, 7) is 19.0. The molecule has 5 amide bonds. The zero-order chi connectivity index (χ0) is 34.1. The summed E-state index contributed by atoms with van der Waals surface area (Å²) in [4.78, 5) is 68.3. The standard InChI is InChI=1S/C32H53N5O7S/c1-10-13-20(25(38)28(40)33-15-11-2)34-27(39)24-22-19(32(22,8)9)17-37(24)29(41)26(31(5,6)7)36-30(42)35-23(18(3)4)21-14-12-16-45(21,43)44/h11,18-24,26H,2,10,12-17H2,1,3-9H3,(H,33,40)(H,34,39)(H2,35,36,42)/t19-,20?,21?,22-,23?,24-,26+/m0/s1. The van der Waals surface area contributed by atoms with Gasteiger partial charge < -0.3 is 26.2 Å². The van der Waals surface area contributed by atoms with E-state index in [1.165, 1.54) is 11.0 Å². The van der Waals surface area contributed by atoms with Gasteiger partial charge in [-0.1, -0.05) is 67.9 Å². The maximum atomic E-state index is 14.2. The third-order valence-electron chi connectivity index (χ3n) is 9.78. The van der Waals surface area contributed by atoms with Crippen LogP contribution in [0.3, 0.4) is 0 Å². The van der Waals surface area contributed by atoms with Crippen molar-refractivity contribution in [1.82, 2.24) is 26.2 Å². The number of nitrogens with zero attached hydrogens (tertiary/aromatic N) is 1. The van der Waals surface area contributed by atoms with Crippen LogP contribution in [0.4, 0.5) is 4.79 Å². The number of amides is 5. The highest BCUT2D eigenvalue weighted by atomic mass is 32.2. The molecule has 3 rings (SSSR count). The summed E-state index contributed by atoms with van der Waals surface area (Å²) in [6, 6.07) is -4.23. The first kappa shape index (κ1) is 36.5. The predicted molar refractivity (Wildman–Crippen MR) is 172 cm³/mol. The van der Waals surface area contributed by atoms with E-state index in [0.717, 1.165) is 0 Å². The molecular weight excluding hydrogens is 598 g/mol. The second-order valence-corrected chi connectivity index (χ2v) is 17.2. The van der Waals surface area contributed by atoms with Gasteiger partial charge in [-0.25, -0.2) is 13.2 Å². The van der Waals surface area contributed by atoms with Gasteiger partial charge >= 0.3 is 6.03 Å². The molecule has 1 aliphatic carbocycles. The van der Waals surface area contributed by atoms with Crippen molar-refractivity contribution >= 4 is 39.4 Å². The molecule has 45 heavy (non-hydrogen) atoms. The number of carbonyl (C=O) groups is 5. The lowest BCUT2D eigenvalue weighted by atomic mass is 9.85. The molecule has 2 saturated heterocycles. The van der Waals surface area contributed by atoms with Crippen molar-refractivity contribution < 1.29 is 32.4 Å². The number of likely N-dealkylation sites (tertiary alicyclic amines) is 1. The van der Waals surface area contributed by atoms with Gasteiger partial charge in [-0.05, 0) is 47.8 Å². The number of hydrogen-bond acceptors (Lipinski definition) is 7. The molecule has 3 unspecified atom stereocenters. The highest BCUT2D eigenvalue weighted by Crippen LogP contribution is 2.65. The molecule has 254 valence electrons. The van der Waals surface area contributed by atoms with Gasteiger partial charge in [0.2, 0.25) is 17.6 Å². The first-order valence-corrected chi connectivity index (χ1v) is 17.8. The molecule has 4 N–H and O–H groups in total. The van der Waals surface area contributed by atoms with E-state index in [4.69, 9.17) is 0 Å². The van der Waals surface area contributed by atoms with Crippen molar-refractivity contribution in [3.63, 3.8) is 0 Å². The van der Waals surface area contributed by atoms with Crippen LogP contribution in [-0.4, -0.2) is 91.1 Å². The van der Waals surface area contributed by atoms with E-state index in [2.05, 4.69) is 27.8 Å². The smallest absolute Gasteiger partial charge is 0.315 e. The predicted octanol–water partition coefficient (Wildman–Crippen LogP) is 1.94. The topological polar surface area (TPSA) is 171 Å². The van der Waals surface area contributed by atoms with Crippen LogP contribution in [-0.2, 0) is 29.0 Å². The van der Waals surface area contributed by atoms with E-state index < -0.39 is 74.2 Å². The molecule has 12 nitrogen and oxygen atoms in total. The SMILES string of the molecule is C=CCNC(=O)C(=O)C(CCC)NC(=O)[C@@H]1[C@@H]2[C@H](CN1C(=O)[C@@H](NC(=O)NC(C(C)C)C1CCCS1(=O)=O)C(C)(C)C)C2(C)C. The molecule has 7 atom stereocenters. The van der Waals surface area contributed by atoms with E-state index in [9.17, 15) is 32.4 Å². The summed E-state index contributed by atoms with van der Waals surface area (Å²) in [7, 11) is -3.34. The van der Waals surface area contributed by atoms with Crippen LogP contribution in [0.15, 0.2) is 12.7 Å². The fraction of sp³-hybridized carbons (Fsp3) is 0.781. The van der Waals surface area contributed by atoms with Gasteiger partial charge in [0.05, 0.1) is 17.0 Å². The minimum atomic E-state index is -3.34. The van der Waals surface area contributed by atoms with Crippen molar-refractivity contribution in [3.05, 3.63) is 12.7 Å². The van der Waals surface area contributed by atoms with Gasteiger partial charge in [-0.15, -0.1) is 6.58 Å². The number of Topliss-reactive ketones (excluding diaryl/α,β-unsaturated/α-hetero) is 1. The fourth-order valence-corrected chi connectivity index (χ4v) is 9.31. The van der Waals surface area contributed by atoms with E-state index in [-0.39, 0.29) is 41.9 Å². The van der Waals surface area contributed by atoms with Gasteiger partial charge in [0.15, 0.2) is 9.84 Å². The summed E-state index contributed by atoms with van der Waals surface area (Å²) in [5, 5.41) is 10.2. The summed E-state index contributed by atoms with van der Waals surface area (Å²) >= 11 is 0. The third kappa shape index (κ3) is 7.89. The van der Waals surface area contributed by atoms with E-state index >= 15 is 0 Å². The summed E-state index contributed by atoms with van der Waals surface area (Å²) in [5.74, 6) is -2.67. The second-order valence-electron chi connectivity index (χ2n) is 14.8. The number of piperidine rings is 1. The maximum Gasteiger partial charge on any atom is 0.315 e. The Balaban J connectivity index is 1.83. The molecule has 2 heterocycles. The molecule has 3 aliphatic rings. The van der Waals surface area contributed by atoms with Crippen molar-refractivity contribution in [2.75, 3.05) is 18.8 Å². The first-order valence-electron chi connectivity index (χ1n) is 16.1. The summed E-state index contributed by atoms with van der Waals surface area (Å²) < 4.78 is 25.3. The Hall–Kier alpha value is -2.96. The quantitative estimate of drug-likeness (QED) is 0.174. The Kier molecular flexibility index (Phi) is 11.2. The van der Waals surface area contributed by atoms with E-state index in [0.29, 0.717) is 25.8 Å². The zero-order valence-corrected chi connectivity index (χ0v) is 28.9. The van der Waals surface area contributed by atoms with Crippen LogP contribution < -0.4 is 21.3 Å². The average Bonchev–Trinajstić information content (AvgIpc) is 3.25. The monoisotopic (exact) mass is 651 g/mol. The van der Waals surface area contributed by atoms with Gasteiger partial charge in [-0.3, -0.25) is 19.2 Å². The Morgan fingerprint density at radius 2 is 1.71 bits per heavy atom. The lowest BCUT2D eigenvalue weighted by molar-refractivity contribution is -0.145. The van der Waals surface area contributed by atoms with Crippen molar-refractivity contribution in [3.8, 4) is 0 Å².